The highest BCUT2D eigenvalue weighted by Crippen LogP contribution is 2.34. The molecule has 0 N–H and O–H groups in total. The summed E-state index contributed by atoms with van der Waals surface area (Å²) in [6.07, 6.45) is 6.46. The average Bonchev–Trinajstić information content (AvgIpc) is 3.23. The largest absolute Gasteiger partial charge is 0.368 e. The topological polar surface area (TPSA) is 82.5 Å². The minimum absolute atomic E-state index is 0.0540. The van der Waals surface area contributed by atoms with E-state index in [1.165, 1.54) is 6.20 Å². The van der Waals surface area contributed by atoms with Gasteiger partial charge in [-0.2, -0.15) is 0 Å². The molecule has 1 unspecified atom stereocenters. The Bertz CT molecular complexity index is 895. The predicted octanol–water partition coefficient (Wildman–Crippen LogP) is 1.83. The van der Waals surface area contributed by atoms with Crippen LogP contribution in [0.2, 0.25) is 0 Å². The summed E-state index contributed by atoms with van der Waals surface area (Å²) >= 11 is 0. The molecule has 4 heterocycles. The molecule has 8 heteroatoms. The highest BCUT2D eigenvalue weighted by molar-refractivity contribution is 5.92. The van der Waals surface area contributed by atoms with Crippen molar-refractivity contribution in [3.8, 4) is 0 Å². The van der Waals surface area contributed by atoms with Gasteiger partial charge in [-0.15, -0.1) is 0 Å². The van der Waals surface area contributed by atoms with E-state index in [-0.39, 0.29) is 17.9 Å². The Morgan fingerprint density at radius 3 is 2.55 bits per heavy atom. The fraction of sp³-hybridized carbons (Fsp3) is 0.476. The normalized spacial score (nSPS) is 19.5. The van der Waals surface area contributed by atoms with Gasteiger partial charge in [-0.1, -0.05) is 0 Å². The van der Waals surface area contributed by atoms with Crippen molar-refractivity contribution in [2.75, 3.05) is 37.6 Å². The standard InChI is InChI=1S/C21H26N6O2/c1-15-12-17(26-10-8-25(9-11-26)16(2)28)13-18(24-15)20-4-3-7-27(20)21(29)19-14-22-5-6-23-19/h5-6,12-14,20H,3-4,7-11H2,1-2H3. The average molecular weight is 394 g/mol. The van der Waals surface area contributed by atoms with Crippen molar-refractivity contribution in [3.63, 3.8) is 0 Å². The molecule has 2 fully saturated rings. The molecule has 0 bridgehead atoms. The first-order chi connectivity index (χ1) is 14.0. The zero-order valence-electron chi connectivity index (χ0n) is 16.9. The van der Waals surface area contributed by atoms with Gasteiger partial charge >= 0.3 is 0 Å². The molecule has 0 saturated carbocycles. The highest BCUT2D eigenvalue weighted by Gasteiger charge is 2.33. The zero-order valence-corrected chi connectivity index (χ0v) is 16.9. The number of rotatable bonds is 3. The molecule has 29 heavy (non-hydrogen) atoms. The third-order valence-electron chi connectivity index (χ3n) is 5.69. The van der Waals surface area contributed by atoms with Gasteiger partial charge in [-0.3, -0.25) is 19.6 Å². The molecule has 0 spiro atoms. The maximum Gasteiger partial charge on any atom is 0.274 e. The minimum atomic E-state index is -0.0967. The molecular weight excluding hydrogens is 368 g/mol. The van der Waals surface area contributed by atoms with Gasteiger partial charge in [0, 0.05) is 63.4 Å². The maximum atomic E-state index is 12.9. The molecule has 4 rings (SSSR count). The molecule has 0 aliphatic carbocycles. The van der Waals surface area contributed by atoms with Gasteiger partial charge in [-0.05, 0) is 31.9 Å². The highest BCUT2D eigenvalue weighted by atomic mass is 16.2. The number of hydrogen-bond acceptors (Lipinski definition) is 6. The van der Waals surface area contributed by atoms with Crippen LogP contribution in [0.1, 0.15) is 47.7 Å². The van der Waals surface area contributed by atoms with Gasteiger partial charge in [0.1, 0.15) is 5.69 Å². The van der Waals surface area contributed by atoms with E-state index in [4.69, 9.17) is 4.98 Å². The molecule has 2 aromatic rings. The summed E-state index contributed by atoms with van der Waals surface area (Å²) in [6, 6.07) is 4.13. The number of aryl methyl sites for hydroxylation is 1. The van der Waals surface area contributed by atoms with Crippen LogP contribution in [0.15, 0.2) is 30.7 Å². The van der Waals surface area contributed by atoms with Crippen molar-refractivity contribution in [1.29, 1.82) is 0 Å². The van der Waals surface area contributed by atoms with Gasteiger partial charge in [0.05, 0.1) is 17.9 Å². The number of carbonyl (C=O) groups excluding carboxylic acids is 2. The summed E-state index contributed by atoms with van der Waals surface area (Å²) in [4.78, 5) is 43.5. The van der Waals surface area contributed by atoms with E-state index >= 15 is 0 Å². The van der Waals surface area contributed by atoms with E-state index in [9.17, 15) is 9.59 Å². The van der Waals surface area contributed by atoms with Crippen molar-refractivity contribution in [1.82, 2.24) is 24.8 Å². The number of likely N-dealkylation sites (tertiary alicyclic amines) is 1. The molecule has 0 radical (unpaired) electrons. The molecule has 2 saturated heterocycles. The zero-order chi connectivity index (χ0) is 20.4. The number of pyridine rings is 1. The Labute approximate surface area is 170 Å². The number of anilines is 1. The number of aromatic nitrogens is 3. The van der Waals surface area contributed by atoms with E-state index < -0.39 is 0 Å². The van der Waals surface area contributed by atoms with Gasteiger partial charge in [-0.25, -0.2) is 4.98 Å². The summed E-state index contributed by atoms with van der Waals surface area (Å²) in [5, 5.41) is 0. The van der Waals surface area contributed by atoms with Crippen molar-refractivity contribution in [2.24, 2.45) is 0 Å². The van der Waals surface area contributed by atoms with E-state index in [1.54, 1.807) is 19.3 Å². The lowest BCUT2D eigenvalue weighted by atomic mass is 10.1. The number of nitrogens with zero attached hydrogens (tertiary/aromatic N) is 6. The Balaban J connectivity index is 1.55. The Morgan fingerprint density at radius 1 is 1.07 bits per heavy atom. The predicted molar refractivity (Wildman–Crippen MR) is 108 cm³/mol. The summed E-state index contributed by atoms with van der Waals surface area (Å²) in [5.41, 5.74) is 3.33. The molecule has 152 valence electrons. The Kier molecular flexibility index (Phi) is 5.42. The second kappa shape index (κ2) is 8.14. The van der Waals surface area contributed by atoms with Crippen LogP contribution in [0.4, 0.5) is 5.69 Å². The monoisotopic (exact) mass is 394 g/mol. The third kappa shape index (κ3) is 4.06. The van der Waals surface area contributed by atoms with E-state index in [1.807, 2.05) is 16.7 Å². The molecular formula is C21H26N6O2. The van der Waals surface area contributed by atoms with Crippen molar-refractivity contribution in [2.45, 2.75) is 32.7 Å². The molecule has 2 aliphatic rings. The second-order valence-electron chi connectivity index (χ2n) is 7.63. The van der Waals surface area contributed by atoms with Gasteiger partial charge < -0.3 is 14.7 Å². The fourth-order valence-corrected chi connectivity index (χ4v) is 4.18. The third-order valence-corrected chi connectivity index (χ3v) is 5.69. The SMILES string of the molecule is CC(=O)N1CCN(c2cc(C)nc(C3CCCN3C(=O)c3cnccn3)c2)CC1. The van der Waals surface area contributed by atoms with Crippen molar-refractivity contribution in [3.05, 3.63) is 47.8 Å². The van der Waals surface area contributed by atoms with Crippen molar-refractivity contribution < 1.29 is 9.59 Å². The molecule has 1 atom stereocenters. The second-order valence-corrected chi connectivity index (χ2v) is 7.63. The molecule has 2 amide bonds. The van der Waals surface area contributed by atoms with E-state index in [2.05, 4.69) is 27.0 Å². The first kappa shape index (κ1) is 19.3. The van der Waals surface area contributed by atoms with Gasteiger partial charge in [0.25, 0.3) is 5.91 Å². The minimum Gasteiger partial charge on any atom is -0.368 e. The molecule has 0 aromatic carbocycles. The van der Waals surface area contributed by atoms with Gasteiger partial charge in [0.15, 0.2) is 0 Å². The summed E-state index contributed by atoms with van der Waals surface area (Å²) in [5.74, 6) is 0.0286. The first-order valence-electron chi connectivity index (χ1n) is 10.1. The van der Waals surface area contributed by atoms with Crippen LogP contribution < -0.4 is 4.90 Å². The van der Waals surface area contributed by atoms with E-state index in [0.717, 1.165) is 56.1 Å². The number of piperazine rings is 1. The van der Waals surface area contributed by atoms with Crippen LogP contribution in [-0.4, -0.2) is 69.3 Å². The first-order valence-corrected chi connectivity index (χ1v) is 10.1. The van der Waals surface area contributed by atoms with E-state index in [0.29, 0.717) is 12.2 Å². The van der Waals surface area contributed by atoms with Crippen molar-refractivity contribution >= 4 is 17.5 Å². The Morgan fingerprint density at radius 2 is 1.86 bits per heavy atom. The van der Waals surface area contributed by atoms with Crippen LogP contribution in [0.25, 0.3) is 0 Å². The molecule has 8 nitrogen and oxygen atoms in total. The van der Waals surface area contributed by atoms with Crippen LogP contribution >= 0.6 is 0 Å². The lowest BCUT2D eigenvalue weighted by molar-refractivity contribution is -0.129. The van der Waals surface area contributed by atoms with Crippen LogP contribution in [0, 0.1) is 6.92 Å². The quantitative estimate of drug-likeness (QED) is 0.790. The number of carbonyl (C=O) groups is 2. The van der Waals surface area contributed by atoms with Crippen LogP contribution in [0.5, 0.6) is 0 Å². The number of amides is 2. The fourth-order valence-electron chi connectivity index (χ4n) is 4.18. The smallest absolute Gasteiger partial charge is 0.274 e. The summed E-state index contributed by atoms with van der Waals surface area (Å²) in [6.45, 7) is 7.36. The van der Waals surface area contributed by atoms with Crippen LogP contribution in [0.3, 0.4) is 0 Å². The summed E-state index contributed by atoms with van der Waals surface area (Å²) < 4.78 is 0. The lowest BCUT2D eigenvalue weighted by Gasteiger charge is -2.36. The van der Waals surface area contributed by atoms with Crippen LogP contribution in [-0.2, 0) is 4.79 Å². The number of hydrogen-bond donors (Lipinski definition) is 0. The Hall–Kier alpha value is -3.03. The van der Waals surface area contributed by atoms with Gasteiger partial charge in [0.2, 0.25) is 5.91 Å². The summed E-state index contributed by atoms with van der Waals surface area (Å²) in [7, 11) is 0. The maximum absolute atomic E-state index is 12.9. The molecule has 2 aromatic heterocycles. The molecule has 2 aliphatic heterocycles. The lowest BCUT2D eigenvalue weighted by Crippen LogP contribution is -2.48.